The molecule has 0 bridgehead atoms. The minimum atomic E-state index is -3.78. The molecule has 0 aliphatic carbocycles. The van der Waals surface area contributed by atoms with Gasteiger partial charge in [-0.3, -0.25) is 4.79 Å². The highest BCUT2D eigenvalue weighted by atomic mass is 19.3. The van der Waals surface area contributed by atoms with Gasteiger partial charge in [-0.25, -0.2) is 0 Å². The van der Waals surface area contributed by atoms with E-state index in [1.165, 1.54) is 18.2 Å². The van der Waals surface area contributed by atoms with Crippen LogP contribution in [0.4, 0.5) is 8.78 Å². The predicted octanol–water partition coefficient (Wildman–Crippen LogP) is 1.09. The summed E-state index contributed by atoms with van der Waals surface area (Å²) in [4.78, 5) is 10.7. The van der Waals surface area contributed by atoms with Crippen LogP contribution in [0.25, 0.3) is 0 Å². The topological polar surface area (TPSA) is 81.8 Å². The summed E-state index contributed by atoms with van der Waals surface area (Å²) in [6, 6.07) is 2.46. The molecule has 0 spiro atoms. The number of hydrogen-bond donors (Lipinski definition) is 2. The number of rotatable bonds is 2. The number of alkyl halides is 2. The molecule has 1 aliphatic rings. The maximum Gasteiger partial charge on any atom is 0.586 e. The van der Waals surface area contributed by atoms with Crippen LogP contribution in [0.3, 0.4) is 0 Å². The molecule has 1 aromatic rings. The fourth-order valence-electron chi connectivity index (χ4n) is 1.37. The van der Waals surface area contributed by atoms with Crippen LogP contribution >= 0.6 is 0 Å². The van der Waals surface area contributed by atoms with Crippen molar-refractivity contribution in [3.05, 3.63) is 23.8 Å². The second kappa shape index (κ2) is 3.31. The van der Waals surface area contributed by atoms with Crippen LogP contribution in [0.5, 0.6) is 11.5 Å². The highest BCUT2D eigenvalue weighted by Crippen LogP contribution is 2.44. The first-order valence-electron chi connectivity index (χ1n) is 4.28. The molecule has 1 aromatic carbocycles. The first kappa shape index (κ1) is 10.6. The maximum atomic E-state index is 12.7. The van der Waals surface area contributed by atoms with Gasteiger partial charge in [0.15, 0.2) is 11.5 Å². The predicted molar refractivity (Wildman–Crippen MR) is 47.2 cm³/mol. The first-order valence-corrected chi connectivity index (χ1v) is 4.28. The molecule has 7 heteroatoms. The van der Waals surface area contributed by atoms with E-state index in [1.807, 2.05) is 0 Å². The van der Waals surface area contributed by atoms with Gasteiger partial charge in [0.1, 0.15) is 6.04 Å². The molecule has 86 valence electrons. The highest BCUT2D eigenvalue weighted by molar-refractivity contribution is 5.77. The van der Waals surface area contributed by atoms with Crippen LogP contribution in [0.2, 0.25) is 0 Å². The van der Waals surface area contributed by atoms with E-state index >= 15 is 0 Å². The van der Waals surface area contributed by atoms with Crippen molar-refractivity contribution < 1.29 is 28.2 Å². The van der Waals surface area contributed by atoms with Crippen molar-refractivity contribution in [1.82, 2.24) is 0 Å². The number of aliphatic carboxylic acids is 1. The molecule has 16 heavy (non-hydrogen) atoms. The molecule has 3 N–H and O–H groups in total. The lowest BCUT2D eigenvalue weighted by Crippen LogP contribution is -2.27. The Morgan fingerprint density at radius 2 is 2.12 bits per heavy atom. The molecule has 2 rings (SSSR count). The number of carboxylic acids is 1. The largest absolute Gasteiger partial charge is 0.586 e. The number of para-hydroxylation sites is 1. The lowest BCUT2D eigenvalue weighted by molar-refractivity contribution is -0.287. The number of hydrogen-bond acceptors (Lipinski definition) is 4. The number of carboxylic acid groups (broad SMARTS) is 1. The average molecular weight is 231 g/mol. The number of benzene rings is 1. The van der Waals surface area contributed by atoms with Gasteiger partial charge in [-0.15, -0.1) is 8.78 Å². The molecular formula is C9H7F2NO4. The van der Waals surface area contributed by atoms with Crippen LogP contribution in [0.15, 0.2) is 18.2 Å². The summed E-state index contributed by atoms with van der Waals surface area (Å²) in [7, 11) is 0. The smallest absolute Gasteiger partial charge is 0.480 e. The molecule has 1 heterocycles. The summed E-state index contributed by atoms with van der Waals surface area (Å²) >= 11 is 0. The molecule has 0 saturated heterocycles. The van der Waals surface area contributed by atoms with Crippen molar-refractivity contribution in [3.8, 4) is 11.5 Å². The van der Waals surface area contributed by atoms with E-state index < -0.39 is 18.3 Å². The molecule has 1 unspecified atom stereocenters. The van der Waals surface area contributed by atoms with Gasteiger partial charge in [-0.05, 0) is 6.07 Å². The third kappa shape index (κ3) is 1.65. The van der Waals surface area contributed by atoms with Crippen LogP contribution in [-0.2, 0) is 4.79 Å². The summed E-state index contributed by atoms with van der Waals surface area (Å²) in [5, 5.41) is 8.69. The van der Waals surface area contributed by atoms with Crippen molar-refractivity contribution >= 4 is 5.97 Å². The summed E-state index contributed by atoms with van der Waals surface area (Å²) in [5.41, 5.74) is 5.27. The maximum absolute atomic E-state index is 12.7. The number of ether oxygens (including phenoxy) is 2. The van der Waals surface area contributed by atoms with Crippen molar-refractivity contribution in [2.45, 2.75) is 12.3 Å². The summed E-state index contributed by atoms with van der Waals surface area (Å²) < 4.78 is 33.9. The Labute approximate surface area is 88.4 Å². The number of nitrogens with two attached hydrogens (primary N) is 1. The van der Waals surface area contributed by atoms with Gasteiger partial charge in [0.2, 0.25) is 0 Å². The van der Waals surface area contributed by atoms with Gasteiger partial charge in [0, 0.05) is 5.56 Å². The minimum absolute atomic E-state index is 0.0535. The molecule has 0 aromatic heterocycles. The zero-order chi connectivity index (χ0) is 11.9. The third-order valence-electron chi connectivity index (χ3n) is 2.06. The Hall–Kier alpha value is -1.89. The fraction of sp³-hybridized carbons (Fsp3) is 0.222. The number of halogens is 2. The summed E-state index contributed by atoms with van der Waals surface area (Å²) in [6.45, 7) is 0. The van der Waals surface area contributed by atoms with Gasteiger partial charge in [0.05, 0.1) is 0 Å². The highest BCUT2D eigenvalue weighted by Gasteiger charge is 2.45. The van der Waals surface area contributed by atoms with E-state index in [1.54, 1.807) is 0 Å². The number of fused-ring (bicyclic) bond motifs is 1. The molecule has 1 aliphatic heterocycles. The Bertz CT molecular complexity index is 449. The van der Waals surface area contributed by atoms with Crippen LogP contribution in [0.1, 0.15) is 11.6 Å². The Morgan fingerprint density at radius 1 is 1.44 bits per heavy atom. The van der Waals surface area contributed by atoms with Crippen molar-refractivity contribution in [2.75, 3.05) is 0 Å². The van der Waals surface area contributed by atoms with E-state index in [4.69, 9.17) is 10.8 Å². The van der Waals surface area contributed by atoms with E-state index in [-0.39, 0.29) is 17.1 Å². The zero-order valence-electron chi connectivity index (χ0n) is 7.81. The SMILES string of the molecule is NC(C(=O)O)c1cccc2c1OC(F)(F)O2. The molecular weight excluding hydrogens is 224 g/mol. The van der Waals surface area contributed by atoms with E-state index in [0.717, 1.165) is 0 Å². The van der Waals surface area contributed by atoms with Crippen molar-refractivity contribution in [2.24, 2.45) is 5.73 Å². The normalized spacial score (nSPS) is 18.2. The van der Waals surface area contributed by atoms with Gasteiger partial charge >= 0.3 is 12.3 Å². The fourth-order valence-corrected chi connectivity index (χ4v) is 1.37. The average Bonchev–Trinajstić information content (AvgIpc) is 2.49. The van der Waals surface area contributed by atoms with Gasteiger partial charge in [-0.2, -0.15) is 0 Å². The Balaban J connectivity index is 2.45. The quantitative estimate of drug-likeness (QED) is 0.796. The summed E-state index contributed by atoms with van der Waals surface area (Å²) in [5.74, 6) is -1.89. The molecule has 5 nitrogen and oxygen atoms in total. The zero-order valence-corrected chi connectivity index (χ0v) is 7.81. The standard InChI is InChI=1S/C9H7F2NO4/c10-9(11)15-5-3-1-2-4(7(5)16-9)6(12)8(13)14/h1-3,6H,12H2,(H,13,14). The summed E-state index contributed by atoms with van der Waals surface area (Å²) in [6.07, 6.45) is -3.78. The molecule has 0 amide bonds. The van der Waals surface area contributed by atoms with Crippen molar-refractivity contribution in [1.29, 1.82) is 0 Å². The van der Waals surface area contributed by atoms with Gasteiger partial charge < -0.3 is 20.3 Å². The number of carbonyl (C=O) groups is 1. The Morgan fingerprint density at radius 3 is 2.75 bits per heavy atom. The van der Waals surface area contributed by atoms with Gasteiger partial charge in [-0.1, -0.05) is 12.1 Å². The first-order chi connectivity index (χ1) is 7.41. The van der Waals surface area contributed by atoms with Crippen LogP contribution in [0, 0.1) is 0 Å². The third-order valence-corrected chi connectivity index (χ3v) is 2.06. The Kier molecular flexibility index (Phi) is 2.20. The molecule has 0 saturated carbocycles. The molecule has 0 fully saturated rings. The van der Waals surface area contributed by atoms with E-state index in [2.05, 4.69) is 9.47 Å². The van der Waals surface area contributed by atoms with Gasteiger partial charge in [0.25, 0.3) is 0 Å². The monoisotopic (exact) mass is 231 g/mol. The van der Waals surface area contributed by atoms with Crippen molar-refractivity contribution in [3.63, 3.8) is 0 Å². The van der Waals surface area contributed by atoms with Crippen LogP contribution < -0.4 is 15.2 Å². The van der Waals surface area contributed by atoms with Crippen LogP contribution in [-0.4, -0.2) is 17.4 Å². The lowest BCUT2D eigenvalue weighted by atomic mass is 10.1. The molecule has 1 atom stereocenters. The minimum Gasteiger partial charge on any atom is -0.480 e. The molecule has 0 radical (unpaired) electrons. The second-order valence-corrected chi connectivity index (χ2v) is 3.16. The second-order valence-electron chi connectivity index (χ2n) is 3.16. The van der Waals surface area contributed by atoms with E-state index in [0.29, 0.717) is 0 Å². The van der Waals surface area contributed by atoms with E-state index in [9.17, 15) is 13.6 Å². The lowest BCUT2D eigenvalue weighted by Gasteiger charge is -2.09.